The molecule has 0 saturated heterocycles. The lowest BCUT2D eigenvalue weighted by Crippen LogP contribution is -2.42. The Labute approximate surface area is 168 Å². The normalized spacial score (nSPS) is 12.3. The summed E-state index contributed by atoms with van der Waals surface area (Å²) in [5, 5.41) is 6.23. The standard InChI is InChI=1S/C17H29N3O3S.HI/c1-17(2,3)24(21,22)13-12-20-16(18-4)19-11-10-14-6-8-15(23-5)9-7-14;/h6-9H,10-13H2,1-5H3,(H2,18,19,20);1H. The van der Waals surface area contributed by atoms with E-state index in [1.165, 1.54) is 5.56 Å². The summed E-state index contributed by atoms with van der Waals surface area (Å²) in [5.41, 5.74) is 1.19. The molecule has 8 heteroatoms. The van der Waals surface area contributed by atoms with Crippen molar-refractivity contribution in [2.75, 3.05) is 33.0 Å². The molecular formula is C17H30IN3O3S. The highest BCUT2D eigenvalue weighted by molar-refractivity contribution is 14.0. The summed E-state index contributed by atoms with van der Waals surface area (Å²) in [6, 6.07) is 7.90. The second-order valence-electron chi connectivity index (χ2n) is 6.46. The van der Waals surface area contributed by atoms with E-state index in [1.807, 2.05) is 24.3 Å². The Hall–Kier alpha value is -1.03. The summed E-state index contributed by atoms with van der Waals surface area (Å²) in [6.45, 7) is 6.18. The summed E-state index contributed by atoms with van der Waals surface area (Å²) < 4.78 is 28.5. The van der Waals surface area contributed by atoms with E-state index < -0.39 is 14.6 Å². The van der Waals surface area contributed by atoms with Crippen molar-refractivity contribution in [3.63, 3.8) is 0 Å². The Morgan fingerprint density at radius 1 is 1.12 bits per heavy atom. The van der Waals surface area contributed by atoms with Crippen LogP contribution in [0.15, 0.2) is 29.3 Å². The molecule has 0 bridgehead atoms. The van der Waals surface area contributed by atoms with Gasteiger partial charge < -0.3 is 15.4 Å². The monoisotopic (exact) mass is 483 g/mol. The second-order valence-corrected chi connectivity index (χ2v) is 9.32. The predicted octanol–water partition coefficient (Wildman–Crippen LogP) is 2.23. The Bertz CT molecular complexity index is 638. The number of hydrogen-bond acceptors (Lipinski definition) is 4. The summed E-state index contributed by atoms with van der Waals surface area (Å²) in [7, 11) is 0.184. The van der Waals surface area contributed by atoms with Gasteiger partial charge in [-0.25, -0.2) is 8.42 Å². The van der Waals surface area contributed by atoms with Gasteiger partial charge in [0, 0.05) is 20.1 Å². The smallest absolute Gasteiger partial charge is 0.191 e. The fraction of sp³-hybridized carbons (Fsp3) is 0.588. The molecule has 1 aromatic carbocycles. The minimum absolute atomic E-state index is 0. The van der Waals surface area contributed by atoms with Crippen LogP contribution in [-0.4, -0.2) is 52.1 Å². The van der Waals surface area contributed by atoms with Gasteiger partial charge in [0.25, 0.3) is 0 Å². The predicted molar refractivity (Wildman–Crippen MR) is 115 cm³/mol. The van der Waals surface area contributed by atoms with Crippen molar-refractivity contribution in [3.05, 3.63) is 29.8 Å². The molecule has 25 heavy (non-hydrogen) atoms. The number of nitrogens with zero attached hydrogens (tertiary/aromatic N) is 1. The van der Waals surface area contributed by atoms with E-state index >= 15 is 0 Å². The van der Waals surface area contributed by atoms with Crippen LogP contribution in [0.2, 0.25) is 0 Å². The topological polar surface area (TPSA) is 79.8 Å². The number of ether oxygens (including phenoxy) is 1. The van der Waals surface area contributed by atoms with Crippen LogP contribution in [0.25, 0.3) is 0 Å². The minimum Gasteiger partial charge on any atom is -0.497 e. The molecule has 1 rings (SSSR count). The lowest BCUT2D eigenvalue weighted by Gasteiger charge is -2.19. The van der Waals surface area contributed by atoms with Gasteiger partial charge in [-0.3, -0.25) is 4.99 Å². The molecule has 0 unspecified atom stereocenters. The highest BCUT2D eigenvalue weighted by atomic mass is 127. The number of rotatable bonds is 7. The molecule has 6 nitrogen and oxygen atoms in total. The second kappa shape index (κ2) is 10.8. The van der Waals surface area contributed by atoms with Crippen LogP contribution < -0.4 is 15.4 Å². The van der Waals surface area contributed by atoms with Crippen molar-refractivity contribution in [2.24, 2.45) is 4.99 Å². The Balaban J connectivity index is 0.00000576. The fourth-order valence-corrected chi connectivity index (χ4v) is 2.93. The molecule has 0 radical (unpaired) electrons. The van der Waals surface area contributed by atoms with Gasteiger partial charge in [-0.05, 0) is 44.9 Å². The Morgan fingerprint density at radius 2 is 1.68 bits per heavy atom. The van der Waals surface area contributed by atoms with Crippen molar-refractivity contribution in [3.8, 4) is 5.75 Å². The van der Waals surface area contributed by atoms with Crippen LogP contribution in [0.3, 0.4) is 0 Å². The zero-order valence-electron chi connectivity index (χ0n) is 15.6. The zero-order valence-corrected chi connectivity index (χ0v) is 18.8. The Morgan fingerprint density at radius 3 is 2.16 bits per heavy atom. The average molecular weight is 483 g/mol. The average Bonchev–Trinajstić information content (AvgIpc) is 2.52. The molecule has 1 aromatic rings. The molecule has 0 aliphatic carbocycles. The summed E-state index contributed by atoms with van der Waals surface area (Å²) >= 11 is 0. The van der Waals surface area contributed by atoms with Gasteiger partial charge in [0.15, 0.2) is 15.8 Å². The van der Waals surface area contributed by atoms with Gasteiger partial charge >= 0.3 is 0 Å². The molecule has 0 atom stereocenters. The van der Waals surface area contributed by atoms with E-state index in [-0.39, 0.29) is 29.7 Å². The van der Waals surface area contributed by atoms with E-state index in [1.54, 1.807) is 34.9 Å². The van der Waals surface area contributed by atoms with E-state index in [0.29, 0.717) is 19.0 Å². The lowest BCUT2D eigenvalue weighted by atomic mass is 10.1. The quantitative estimate of drug-likeness (QED) is 0.353. The Kier molecular flexibility index (Phi) is 10.4. The number of benzene rings is 1. The van der Waals surface area contributed by atoms with E-state index in [4.69, 9.17) is 4.74 Å². The zero-order chi connectivity index (χ0) is 18.2. The number of aliphatic imine (C=N–C) groups is 1. The van der Waals surface area contributed by atoms with Crippen molar-refractivity contribution >= 4 is 39.8 Å². The van der Waals surface area contributed by atoms with Crippen LogP contribution in [0.5, 0.6) is 5.75 Å². The van der Waals surface area contributed by atoms with Gasteiger partial charge in [-0.1, -0.05) is 12.1 Å². The SMILES string of the molecule is CN=C(NCCc1ccc(OC)cc1)NCCS(=O)(=O)C(C)(C)C.I. The van der Waals surface area contributed by atoms with Crippen molar-refractivity contribution in [2.45, 2.75) is 31.9 Å². The van der Waals surface area contributed by atoms with Gasteiger partial charge in [0.05, 0.1) is 17.6 Å². The van der Waals surface area contributed by atoms with Crippen LogP contribution in [-0.2, 0) is 16.3 Å². The third kappa shape index (κ3) is 8.26. The van der Waals surface area contributed by atoms with Crippen molar-refractivity contribution in [1.82, 2.24) is 10.6 Å². The van der Waals surface area contributed by atoms with Crippen LogP contribution in [0.4, 0.5) is 0 Å². The van der Waals surface area contributed by atoms with Gasteiger partial charge in [-0.2, -0.15) is 0 Å². The summed E-state index contributed by atoms with van der Waals surface area (Å²) in [4.78, 5) is 4.11. The maximum atomic E-state index is 12.1. The van der Waals surface area contributed by atoms with E-state index in [0.717, 1.165) is 12.2 Å². The maximum Gasteiger partial charge on any atom is 0.191 e. The fourth-order valence-electron chi connectivity index (χ4n) is 1.95. The third-order valence-electron chi connectivity index (χ3n) is 3.69. The van der Waals surface area contributed by atoms with Crippen LogP contribution in [0, 0.1) is 0 Å². The number of hydrogen-bond donors (Lipinski definition) is 2. The molecule has 0 heterocycles. The van der Waals surface area contributed by atoms with E-state index in [9.17, 15) is 8.42 Å². The maximum absolute atomic E-state index is 12.1. The van der Waals surface area contributed by atoms with Crippen molar-refractivity contribution < 1.29 is 13.2 Å². The molecule has 0 aromatic heterocycles. The number of halogens is 1. The summed E-state index contributed by atoms with van der Waals surface area (Å²) in [5.74, 6) is 1.52. The van der Waals surface area contributed by atoms with Crippen LogP contribution in [0.1, 0.15) is 26.3 Å². The first-order chi connectivity index (χ1) is 11.2. The summed E-state index contributed by atoms with van der Waals surface area (Å²) in [6.07, 6.45) is 0.838. The first-order valence-corrected chi connectivity index (χ1v) is 9.64. The van der Waals surface area contributed by atoms with Crippen LogP contribution >= 0.6 is 24.0 Å². The number of sulfone groups is 1. The van der Waals surface area contributed by atoms with Crippen molar-refractivity contribution in [1.29, 1.82) is 0 Å². The first-order valence-electron chi connectivity index (χ1n) is 7.99. The third-order valence-corrected chi connectivity index (χ3v) is 6.29. The van der Waals surface area contributed by atoms with Gasteiger partial charge in [0.2, 0.25) is 0 Å². The first kappa shape index (κ1) is 24.0. The number of nitrogens with one attached hydrogen (secondary N) is 2. The molecule has 0 aliphatic heterocycles. The van der Waals surface area contributed by atoms with Gasteiger partial charge in [0.1, 0.15) is 5.75 Å². The molecule has 0 saturated carbocycles. The lowest BCUT2D eigenvalue weighted by molar-refractivity contribution is 0.414. The molecule has 0 amide bonds. The molecular weight excluding hydrogens is 453 g/mol. The van der Waals surface area contributed by atoms with Gasteiger partial charge in [-0.15, -0.1) is 24.0 Å². The molecule has 2 N–H and O–H groups in total. The minimum atomic E-state index is -3.13. The molecule has 0 spiro atoms. The molecule has 144 valence electrons. The largest absolute Gasteiger partial charge is 0.497 e. The highest BCUT2D eigenvalue weighted by Gasteiger charge is 2.28. The highest BCUT2D eigenvalue weighted by Crippen LogP contribution is 2.15. The van der Waals surface area contributed by atoms with E-state index in [2.05, 4.69) is 15.6 Å². The number of guanidine groups is 1. The molecule has 0 aliphatic rings. The number of methoxy groups -OCH3 is 1. The molecule has 0 fully saturated rings.